The molecule has 3 aromatic heterocycles. The van der Waals surface area contributed by atoms with Gasteiger partial charge in [-0.3, -0.25) is 4.98 Å². The molecule has 0 aliphatic rings. The molecule has 0 amide bonds. The number of rotatable bonds is 5. The number of halogens is 3. The minimum Gasteiger partial charge on any atom is -0.346 e. The van der Waals surface area contributed by atoms with Crippen LogP contribution >= 0.6 is 11.6 Å². The van der Waals surface area contributed by atoms with Crippen LogP contribution in [0.4, 0.5) is 14.7 Å². The topological polar surface area (TPSA) is 81.4 Å². The van der Waals surface area contributed by atoms with E-state index in [1.54, 1.807) is 13.3 Å². The molecule has 0 radical (unpaired) electrons. The normalized spacial score (nSPS) is 12.2. The fraction of sp³-hybridized carbons (Fsp3) is 0.267. The molecule has 0 spiro atoms. The summed E-state index contributed by atoms with van der Waals surface area (Å²) in [6, 6.07) is 0.176. The second kappa shape index (κ2) is 7.06. The second-order valence-electron chi connectivity index (χ2n) is 5.44. The molecule has 0 aliphatic carbocycles. The summed E-state index contributed by atoms with van der Waals surface area (Å²) in [4.78, 5) is 20.3. The minimum absolute atomic E-state index is 0.00293. The van der Waals surface area contributed by atoms with E-state index in [1.165, 1.54) is 0 Å². The van der Waals surface area contributed by atoms with Crippen LogP contribution in [0.2, 0.25) is 5.28 Å². The Hall–Kier alpha value is -2.68. The van der Waals surface area contributed by atoms with Crippen molar-refractivity contribution in [1.29, 1.82) is 0 Å². The third-order valence-electron chi connectivity index (χ3n) is 3.34. The van der Waals surface area contributed by atoms with E-state index < -0.39 is 17.7 Å². The highest BCUT2D eigenvalue weighted by atomic mass is 35.5. The number of nitrogens with zero attached hydrogens (tertiary/aromatic N) is 6. The summed E-state index contributed by atoms with van der Waals surface area (Å²) in [5, 5.41) is 2.90. The minimum atomic E-state index is -0.756. The van der Waals surface area contributed by atoms with Crippen LogP contribution in [0.3, 0.4) is 0 Å². The van der Waals surface area contributed by atoms with E-state index in [0.29, 0.717) is 12.2 Å². The van der Waals surface area contributed by atoms with Gasteiger partial charge in [0.15, 0.2) is 0 Å². The summed E-state index contributed by atoms with van der Waals surface area (Å²) in [6.07, 6.45) is 4.83. The highest BCUT2D eigenvalue weighted by Crippen LogP contribution is 2.19. The molecular weight excluding hydrogens is 352 g/mol. The SMILES string of the molecule is C[C@H](Nc1nc(Cl)nc(Cc2cn(C)cn2)n1)c1ncc(F)cc1F. The Morgan fingerprint density at radius 1 is 1.24 bits per heavy atom. The van der Waals surface area contributed by atoms with Gasteiger partial charge in [0.1, 0.15) is 17.5 Å². The van der Waals surface area contributed by atoms with Gasteiger partial charge in [0.05, 0.1) is 36.4 Å². The molecule has 130 valence electrons. The molecule has 0 bridgehead atoms. The van der Waals surface area contributed by atoms with Crippen molar-refractivity contribution < 1.29 is 8.78 Å². The van der Waals surface area contributed by atoms with Gasteiger partial charge < -0.3 is 9.88 Å². The van der Waals surface area contributed by atoms with E-state index >= 15 is 0 Å². The van der Waals surface area contributed by atoms with Gasteiger partial charge in [0.25, 0.3) is 0 Å². The maximum Gasteiger partial charge on any atom is 0.227 e. The maximum absolute atomic E-state index is 13.8. The lowest BCUT2D eigenvalue weighted by Gasteiger charge is -2.14. The third-order valence-corrected chi connectivity index (χ3v) is 3.51. The van der Waals surface area contributed by atoms with Crippen molar-refractivity contribution in [3.05, 3.63) is 58.9 Å². The molecule has 0 aliphatic heterocycles. The number of pyridine rings is 1. The van der Waals surface area contributed by atoms with Gasteiger partial charge in [-0.1, -0.05) is 0 Å². The number of aromatic nitrogens is 6. The van der Waals surface area contributed by atoms with Gasteiger partial charge in [-0.2, -0.15) is 9.97 Å². The molecule has 3 aromatic rings. The van der Waals surface area contributed by atoms with E-state index in [2.05, 4.69) is 30.2 Å². The zero-order valence-corrected chi connectivity index (χ0v) is 14.2. The lowest BCUT2D eigenvalue weighted by molar-refractivity contribution is 0.549. The summed E-state index contributed by atoms with van der Waals surface area (Å²) >= 11 is 5.94. The van der Waals surface area contributed by atoms with Gasteiger partial charge in [-0.05, 0) is 18.5 Å². The monoisotopic (exact) mass is 365 g/mol. The van der Waals surface area contributed by atoms with Gasteiger partial charge in [0, 0.05) is 19.3 Å². The van der Waals surface area contributed by atoms with Crippen LogP contribution in [0.15, 0.2) is 24.8 Å². The molecule has 10 heteroatoms. The van der Waals surface area contributed by atoms with Crippen molar-refractivity contribution in [2.24, 2.45) is 7.05 Å². The van der Waals surface area contributed by atoms with Crippen LogP contribution in [-0.4, -0.2) is 29.5 Å². The fourth-order valence-electron chi connectivity index (χ4n) is 2.26. The fourth-order valence-corrected chi connectivity index (χ4v) is 2.44. The Kier molecular flexibility index (Phi) is 4.84. The van der Waals surface area contributed by atoms with Crippen LogP contribution < -0.4 is 5.32 Å². The van der Waals surface area contributed by atoms with Crippen LogP contribution in [0.5, 0.6) is 0 Å². The zero-order valence-electron chi connectivity index (χ0n) is 13.4. The number of nitrogens with one attached hydrogen (secondary N) is 1. The molecule has 0 saturated heterocycles. The summed E-state index contributed by atoms with van der Waals surface area (Å²) in [6.45, 7) is 1.65. The molecule has 3 heterocycles. The first-order valence-electron chi connectivity index (χ1n) is 7.35. The Morgan fingerprint density at radius 2 is 2.04 bits per heavy atom. The van der Waals surface area contributed by atoms with E-state index in [1.807, 2.05) is 17.8 Å². The average Bonchev–Trinajstić information content (AvgIpc) is 2.91. The van der Waals surface area contributed by atoms with Crippen molar-refractivity contribution >= 4 is 17.5 Å². The molecule has 0 unspecified atom stereocenters. The summed E-state index contributed by atoms with van der Waals surface area (Å²) < 4.78 is 28.6. The molecule has 3 rings (SSSR count). The summed E-state index contributed by atoms with van der Waals surface area (Å²) in [5.41, 5.74) is 0.819. The summed E-state index contributed by atoms with van der Waals surface area (Å²) in [7, 11) is 1.86. The quantitative estimate of drug-likeness (QED) is 0.748. The number of hydrogen-bond donors (Lipinski definition) is 1. The Morgan fingerprint density at radius 3 is 2.72 bits per heavy atom. The highest BCUT2D eigenvalue weighted by molar-refractivity contribution is 6.28. The van der Waals surface area contributed by atoms with E-state index in [-0.39, 0.29) is 16.9 Å². The van der Waals surface area contributed by atoms with Crippen molar-refractivity contribution in [3.63, 3.8) is 0 Å². The van der Waals surface area contributed by atoms with Crippen LogP contribution in [0, 0.1) is 11.6 Å². The zero-order chi connectivity index (χ0) is 18.0. The number of imidazole rings is 1. The predicted molar refractivity (Wildman–Crippen MR) is 87.0 cm³/mol. The Labute approximate surface area is 147 Å². The van der Waals surface area contributed by atoms with Crippen molar-refractivity contribution in [2.45, 2.75) is 19.4 Å². The molecule has 25 heavy (non-hydrogen) atoms. The highest BCUT2D eigenvalue weighted by Gasteiger charge is 2.16. The lowest BCUT2D eigenvalue weighted by atomic mass is 10.2. The molecule has 1 N–H and O–H groups in total. The number of aryl methyl sites for hydroxylation is 1. The van der Waals surface area contributed by atoms with E-state index in [4.69, 9.17) is 11.6 Å². The largest absolute Gasteiger partial charge is 0.346 e. The van der Waals surface area contributed by atoms with E-state index in [9.17, 15) is 8.78 Å². The van der Waals surface area contributed by atoms with Crippen LogP contribution in [0.25, 0.3) is 0 Å². The lowest BCUT2D eigenvalue weighted by Crippen LogP contribution is -2.14. The van der Waals surface area contributed by atoms with Gasteiger partial charge in [-0.25, -0.2) is 18.7 Å². The van der Waals surface area contributed by atoms with Gasteiger partial charge in [-0.15, -0.1) is 0 Å². The number of anilines is 1. The van der Waals surface area contributed by atoms with Gasteiger partial charge in [0.2, 0.25) is 11.2 Å². The average molecular weight is 366 g/mol. The molecule has 0 aromatic carbocycles. The maximum atomic E-state index is 13.8. The standard InChI is InChI=1S/C15H14ClF2N7/c1-8(13-11(18)3-9(17)5-19-13)21-15-23-12(22-14(16)24-15)4-10-6-25(2)7-20-10/h3,5-8H,4H2,1-2H3,(H,21,22,23,24)/t8-/m0/s1. The molecular formula is C15H14ClF2N7. The van der Waals surface area contributed by atoms with Crippen molar-refractivity contribution in [2.75, 3.05) is 5.32 Å². The van der Waals surface area contributed by atoms with E-state index in [0.717, 1.165) is 18.0 Å². The first kappa shape index (κ1) is 17.2. The Balaban J connectivity index is 1.80. The molecule has 7 nitrogen and oxygen atoms in total. The molecule has 0 fully saturated rings. The first-order valence-corrected chi connectivity index (χ1v) is 7.73. The Bertz CT molecular complexity index is 899. The predicted octanol–water partition coefficient (Wildman–Crippen LogP) is 2.70. The first-order chi connectivity index (χ1) is 11.9. The second-order valence-corrected chi connectivity index (χ2v) is 5.78. The van der Waals surface area contributed by atoms with Crippen molar-refractivity contribution in [3.8, 4) is 0 Å². The number of hydrogen-bond acceptors (Lipinski definition) is 6. The summed E-state index contributed by atoms with van der Waals surface area (Å²) in [5.74, 6) is -0.909. The van der Waals surface area contributed by atoms with Gasteiger partial charge >= 0.3 is 0 Å². The molecule has 1 atom stereocenters. The van der Waals surface area contributed by atoms with Crippen LogP contribution in [0.1, 0.15) is 30.2 Å². The van der Waals surface area contributed by atoms with Crippen LogP contribution in [-0.2, 0) is 13.5 Å². The smallest absolute Gasteiger partial charge is 0.227 e. The molecule has 0 saturated carbocycles. The third kappa shape index (κ3) is 4.24. The van der Waals surface area contributed by atoms with Crippen molar-refractivity contribution in [1.82, 2.24) is 29.5 Å².